The minimum atomic E-state index is -0.150. The molecule has 0 N–H and O–H groups in total. The lowest BCUT2D eigenvalue weighted by molar-refractivity contribution is 0.0211. The Bertz CT molecular complexity index is 761. The first-order valence-electron chi connectivity index (χ1n) is 9.38. The maximum absolute atomic E-state index is 12.3. The predicted molar refractivity (Wildman–Crippen MR) is 92.2 cm³/mol. The first kappa shape index (κ1) is 18.1. The maximum Gasteiger partial charge on any atom is 0.291 e. The number of hydrogen-bond acceptors (Lipinski definition) is 8. The number of carbonyl (C=O) groups is 1. The van der Waals surface area contributed by atoms with E-state index in [0.717, 1.165) is 32.7 Å². The SMILES string of the molecule is Cc1ncoc1C(=O)N1CC(c2nc(CCOCC3CCOCC3)no2)C1. The average molecular weight is 376 g/mol. The van der Waals surface area contributed by atoms with Gasteiger partial charge in [0.05, 0.1) is 18.2 Å². The van der Waals surface area contributed by atoms with Crippen LogP contribution in [0.25, 0.3) is 0 Å². The molecule has 0 unspecified atom stereocenters. The van der Waals surface area contributed by atoms with Crippen molar-refractivity contribution in [2.75, 3.05) is 39.5 Å². The molecule has 2 aliphatic heterocycles. The molecule has 0 bridgehead atoms. The summed E-state index contributed by atoms with van der Waals surface area (Å²) in [6.07, 6.45) is 4.04. The van der Waals surface area contributed by atoms with E-state index in [1.54, 1.807) is 11.8 Å². The van der Waals surface area contributed by atoms with Crippen LogP contribution < -0.4 is 0 Å². The summed E-state index contributed by atoms with van der Waals surface area (Å²) in [7, 11) is 0. The number of hydrogen-bond donors (Lipinski definition) is 0. The Morgan fingerprint density at radius 3 is 2.89 bits per heavy atom. The summed E-state index contributed by atoms with van der Waals surface area (Å²) < 4.78 is 21.6. The van der Waals surface area contributed by atoms with Gasteiger partial charge in [0.2, 0.25) is 11.7 Å². The fraction of sp³-hybridized carbons (Fsp3) is 0.667. The van der Waals surface area contributed by atoms with Gasteiger partial charge in [-0.05, 0) is 25.7 Å². The zero-order valence-corrected chi connectivity index (χ0v) is 15.4. The second kappa shape index (κ2) is 8.18. The van der Waals surface area contributed by atoms with Gasteiger partial charge in [0.25, 0.3) is 5.91 Å². The highest BCUT2D eigenvalue weighted by molar-refractivity contribution is 5.93. The fourth-order valence-electron chi connectivity index (χ4n) is 3.31. The molecule has 2 aromatic heterocycles. The minimum absolute atomic E-state index is 0.0709. The molecule has 2 fully saturated rings. The standard InChI is InChI=1S/C18H24N4O5/c1-12-16(26-11-19-12)18(23)22-8-14(9-22)17-20-15(21-27-17)4-7-25-10-13-2-5-24-6-3-13/h11,13-14H,2-10H2,1H3. The molecule has 2 aromatic rings. The lowest BCUT2D eigenvalue weighted by Gasteiger charge is -2.36. The van der Waals surface area contributed by atoms with Crippen molar-refractivity contribution in [1.29, 1.82) is 0 Å². The molecule has 0 radical (unpaired) electrons. The second-order valence-electron chi connectivity index (χ2n) is 7.10. The van der Waals surface area contributed by atoms with Crippen LogP contribution in [0.3, 0.4) is 0 Å². The molecule has 9 nitrogen and oxygen atoms in total. The molecular weight excluding hydrogens is 352 g/mol. The summed E-state index contributed by atoms with van der Waals surface area (Å²) in [5.74, 6) is 2.03. The predicted octanol–water partition coefficient (Wildman–Crippen LogP) is 1.59. The van der Waals surface area contributed by atoms with Crippen LogP contribution in [0.5, 0.6) is 0 Å². The molecule has 146 valence electrons. The van der Waals surface area contributed by atoms with Crippen molar-refractivity contribution in [1.82, 2.24) is 20.0 Å². The quantitative estimate of drug-likeness (QED) is 0.671. The van der Waals surface area contributed by atoms with Crippen LogP contribution in [0.4, 0.5) is 0 Å². The molecule has 0 spiro atoms. The first-order chi connectivity index (χ1) is 13.2. The van der Waals surface area contributed by atoms with E-state index in [-0.39, 0.29) is 11.8 Å². The van der Waals surface area contributed by atoms with Gasteiger partial charge in [-0.2, -0.15) is 4.98 Å². The average Bonchev–Trinajstić information content (AvgIpc) is 3.27. The van der Waals surface area contributed by atoms with Crippen LogP contribution in [0.1, 0.15) is 46.7 Å². The molecule has 4 rings (SSSR count). The van der Waals surface area contributed by atoms with Crippen molar-refractivity contribution in [3.8, 4) is 0 Å². The third kappa shape index (κ3) is 4.19. The molecule has 2 aliphatic rings. The Hall–Kier alpha value is -2.26. The first-order valence-corrected chi connectivity index (χ1v) is 9.38. The number of carbonyl (C=O) groups excluding carboxylic acids is 1. The third-order valence-electron chi connectivity index (χ3n) is 5.11. The highest BCUT2D eigenvalue weighted by atomic mass is 16.5. The van der Waals surface area contributed by atoms with E-state index >= 15 is 0 Å². The molecule has 4 heterocycles. The van der Waals surface area contributed by atoms with E-state index in [2.05, 4.69) is 15.1 Å². The van der Waals surface area contributed by atoms with Gasteiger partial charge in [0, 0.05) is 39.3 Å². The molecule has 2 saturated heterocycles. The molecule has 1 amide bonds. The van der Waals surface area contributed by atoms with E-state index in [1.807, 2.05) is 0 Å². The van der Waals surface area contributed by atoms with Gasteiger partial charge in [-0.25, -0.2) is 4.98 Å². The van der Waals surface area contributed by atoms with E-state index < -0.39 is 0 Å². The van der Waals surface area contributed by atoms with Crippen LogP contribution in [0.2, 0.25) is 0 Å². The number of oxazole rings is 1. The summed E-state index contributed by atoms with van der Waals surface area (Å²) in [4.78, 5) is 22.4. The molecule has 0 atom stereocenters. The zero-order chi connectivity index (χ0) is 18.6. The normalized spacial score (nSPS) is 18.6. The lowest BCUT2D eigenvalue weighted by Crippen LogP contribution is -2.48. The highest BCUT2D eigenvalue weighted by Gasteiger charge is 2.37. The van der Waals surface area contributed by atoms with Crippen molar-refractivity contribution >= 4 is 5.91 Å². The number of aryl methyl sites for hydroxylation is 1. The number of amides is 1. The summed E-state index contributed by atoms with van der Waals surface area (Å²) in [6.45, 7) is 5.84. The van der Waals surface area contributed by atoms with Gasteiger partial charge in [-0.3, -0.25) is 4.79 Å². The molecule has 27 heavy (non-hydrogen) atoms. The van der Waals surface area contributed by atoms with Crippen LogP contribution in [0, 0.1) is 12.8 Å². The largest absolute Gasteiger partial charge is 0.438 e. The second-order valence-corrected chi connectivity index (χ2v) is 7.10. The van der Waals surface area contributed by atoms with Crippen molar-refractivity contribution < 1.29 is 23.2 Å². The number of rotatable bonds is 7. The molecule has 0 aromatic carbocycles. The summed E-state index contributed by atoms with van der Waals surface area (Å²) in [5.41, 5.74) is 0.601. The van der Waals surface area contributed by atoms with Crippen LogP contribution in [0.15, 0.2) is 15.3 Å². The molecule has 0 saturated carbocycles. The van der Waals surface area contributed by atoms with Crippen molar-refractivity contribution in [3.05, 3.63) is 29.6 Å². The Labute approximate surface area is 157 Å². The zero-order valence-electron chi connectivity index (χ0n) is 15.4. The number of likely N-dealkylation sites (tertiary alicyclic amines) is 1. The Balaban J connectivity index is 1.19. The molecular formula is C18H24N4O5. The topological polar surface area (TPSA) is 104 Å². The van der Waals surface area contributed by atoms with E-state index in [1.165, 1.54) is 6.39 Å². The van der Waals surface area contributed by atoms with Gasteiger partial charge >= 0.3 is 0 Å². The molecule has 0 aliphatic carbocycles. The Morgan fingerprint density at radius 2 is 2.15 bits per heavy atom. The van der Waals surface area contributed by atoms with Gasteiger partial charge in [-0.1, -0.05) is 5.16 Å². The van der Waals surface area contributed by atoms with Gasteiger partial charge in [0.15, 0.2) is 12.2 Å². The third-order valence-corrected chi connectivity index (χ3v) is 5.11. The van der Waals surface area contributed by atoms with Crippen LogP contribution in [-0.4, -0.2) is 65.4 Å². The summed E-state index contributed by atoms with van der Waals surface area (Å²) in [5, 5.41) is 4.02. The lowest BCUT2D eigenvalue weighted by atomic mass is 9.99. The number of ether oxygens (including phenoxy) is 2. The van der Waals surface area contributed by atoms with Gasteiger partial charge in [0.1, 0.15) is 0 Å². The summed E-state index contributed by atoms with van der Waals surface area (Å²) in [6, 6.07) is 0. The van der Waals surface area contributed by atoms with Crippen molar-refractivity contribution in [2.45, 2.75) is 32.1 Å². The van der Waals surface area contributed by atoms with E-state index in [0.29, 0.717) is 55.2 Å². The van der Waals surface area contributed by atoms with Crippen LogP contribution >= 0.6 is 0 Å². The fourth-order valence-corrected chi connectivity index (χ4v) is 3.31. The highest BCUT2D eigenvalue weighted by Crippen LogP contribution is 2.27. The van der Waals surface area contributed by atoms with Crippen LogP contribution in [-0.2, 0) is 15.9 Å². The van der Waals surface area contributed by atoms with E-state index in [9.17, 15) is 4.79 Å². The minimum Gasteiger partial charge on any atom is -0.438 e. The molecule has 9 heteroatoms. The smallest absolute Gasteiger partial charge is 0.291 e. The van der Waals surface area contributed by atoms with Gasteiger partial charge in [-0.15, -0.1) is 0 Å². The van der Waals surface area contributed by atoms with Crippen molar-refractivity contribution in [3.63, 3.8) is 0 Å². The monoisotopic (exact) mass is 376 g/mol. The summed E-state index contributed by atoms with van der Waals surface area (Å²) >= 11 is 0. The Kier molecular flexibility index (Phi) is 5.49. The number of aromatic nitrogens is 3. The van der Waals surface area contributed by atoms with Gasteiger partial charge < -0.3 is 23.3 Å². The van der Waals surface area contributed by atoms with E-state index in [4.69, 9.17) is 18.4 Å². The van der Waals surface area contributed by atoms with Crippen molar-refractivity contribution in [2.24, 2.45) is 5.92 Å². The maximum atomic E-state index is 12.3. The number of nitrogens with zero attached hydrogens (tertiary/aromatic N) is 4. The Morgan fingerprint density at radius 1 is 1.33 bits per heavy atom.